The molecule has 0 atom stereocenters. The molecule has 128 valence electrons. The van der Waals surface area contributed by atoms with Crippen LogP contribution in [0.25, 0.3) is 0 Å². The van der Waals surface area contributed by atoms with Crippen molar-refractivity contribution in [3.05, 3.63) is 51.9 Å². The summed E-state index contributed by atoms with van der Waals surface area (Å²) in [5.74, 6) is -0.0322. The van der Waals surface area contributed by atoms with Gasteiger partial charge in [-0.2, -0.15) is 0 Å². The van der Waals surface area contributed by atoms with Gasteiger partial charge in [0.15, 0.2) is 0 Å². The Balaban J connectivity index is 1.86. The molecule has 0 unspecified atom stereocenters. The molecular formula is C14H17N5O4S. The summed E-state index contributed by atoms with van der Waals surface area (Å²) in [6, 6.07) is 6.66. The highest BCUT2D eigenvalue weighted by atomic mass is 32.2. The van der Waals surface area contributed by atoms with Crippen molar-refractivity contribution in [1.29, 1.82) is 0 Å². The van der Waals surface area contributed by atoms with E-state index in [2.05, 4.69) is 20.6 Å². The van der Waals surface area contributed by atoms with Gasteiger partial charge in [0.25, 0.3) is 11.5 Å². The zero-order chi connectivity index (χ0) is 17.7. The van der Waals surface area contributed by atoms with Gasteiger partial charge in [0.2, 0.25) is 16.0 Å². The average molecular weight is 351 g/mol. The third-order valence-corrected chi connectivity index (χ3v) is 3.95. The Morgan fingerprint density at radius 1 is 1.25 bits per heavy atom. The molecular weight excluding hydrogens is 334 g/mol. The molecule has 0 spiro atoms. The van der Waals surface area contributed by atoms with Gasteiger partial charge in [-0.1, -0.05) is 0 Å². The number of nitrogens with two attached hydrogens (primary N) is 1. The number of aromatic nitrogens is 2. The van der Waals surface area contributed by atoms with Crippen LogP contribution in [0.4, 0.5) is 5.95 Å². The van der Waals surface area contributed by atoms with Crippen LogP contribution in [0.3, 0.4) is 0 Å². The normalized spacial score (nSPS) is 11.1. The molecule has 0 bridgehead atoms. The summed E-state index contributed by atoms with van der Waals surface area (Å²) in [4.78, 5) is 29.8. The van der Waals surface area contributed by atoms with Crippen molar-refractivity contribution in [2.75, 3.05) is 18.4 Å². The number of hydrogen-bond acceptors (Lipinski definition) is 6. The third-order valence-electron chi connectivity index (χ3n) is 3.02. The van der Waals surface area contributed by atoms with Gasteiger partial charge in [0.1, 0.15) is 0 Å². The highest BCUT2D eigenvalue weighted by molar-refractivity contribution is 7.89. The summed E-state index contributed by atoms with van der Waals surface area (Å²) in [5.41, 5.74) is 0.633. The number of primary sulfonamides is 1. The summed E-state index contributed by atoms with van der Waals surface area (Å²) < 4.78 is 22.3. The summed E-state index contributed by atoms with van der Waals surface area (Å²) in [6.45, 7) is 2.34. The lowest BCUT2D eigenvalue weighted by molar-refractivity contribution is 0.0955. The predicted molar refractivity (Wildman–Crippen MR) is 88.2 cm³/mol. The van der Waals surface area contributed by atoms with Crippen LogP contribution >= 0.6 is 0 Å². The van der Waals surface area contributed by atoms with E-state index in [9.17, 15) is 18.0 Å². The van der Waals surface area contributed by atoms with E-state index in [1.807, 2.05) is 0 Å². The van der Waals surface area contributed by atoms with Gasteiger partial charge >= 0.3 is 0 Å². The number of sulfonamides is 1. The SMILES string of the molecule is Cc1cc(=O)[nH]c(NCCNC(=O)c2ccc(S(N)(=O)=O)cc2)n1. The standard InChI is InChI=1S/C14H17N5O4S/c1-9-8-12(20)19-14(18-9)17-7-6-16-13(21)10-2-4-11(5-3-10)24(15,22)23/h2-5,8H,6-7H2,1H3,(H,16,21)(H2,15,22,23)(H2,17,18,19,20). The quantitative estimate of drug-likeness (QED) is 0.519. The molecule has 0 fully saturated rings. The lowest BCUT2D eigenvalue weighted by Crippen LogP contribution is -2.29. The molecule has 24 heavy (non-hydrogen) atoms. The summed E-state index contributed by atoms with van der Waals surface area (Å²) in [7, 11) is -3.78. The first-order chi connectivity index (χ1) is 11.3. The molecule has 0 aliphatic carbocycles. The van der Waals surface area contributed by atoms with Gasteiger partial charge in [0.05, 0.1) is 4.90 Å². The molecule has 1 aromatic carbocycles. The van der Waals surface area contributed by atoms with Crippen molar-refractivity contribution in [1.82, 2.24) is 15.3 Å². The average Bonchev–Trinajstić information content (AvgIpc) is 2.50. The summed E-state index contributed by atoms with van der Waals surface area (Å²) >= 11 is 0. The number of hydrogen-bond donors (Lipinski definition) is 4. The molecule has 0 aliphatic heterocycles. The van der Waals surface area contributed by atoms with Crippen LogP contribution in [0.2, 0.25) is 0 Å². The van der Waals surface area contributed by atoms with E-state index in [4.69, 9.17) is 5.14 Å². The molecule has 1 amide bonds. The minimum Gasteiger partial charge on any atom is -0.354 e. The smallest absolute Gasteiger partial charge is 0.252 e. The van der Waals surface area contributed by atoms with Crippen LogP contribution in [-0.4, -0.2) is 37.4 Å². The van der Waals surface area contributed by atoms with Gasteiger partial charge in [-0.25, -0.2) is 18.5 Å². The second-order valence-electron chi connectivity index (χ2n) is 4.99. The Hall–Kier alpha value is -2.72. The Kier molecular flexibility index (Phi) is 5.31. The molecule has 5 N–H and O–H groups in total. The maximum atomic E-state index is 11.9. The zero-order valence-electron chi connectivity index (χ0n) is 12.9. The molecule has 2 aromatic rings. The molecule has 1 heterocycles. The number of H-pyrrole nitrogens is 1. The van der Waals surface area contributed by atoms with Crippen LogP contribution in [0.1, 0.15) is 16.1 Å². The lowest BCUT2D eigenvalue weighted by atomic mass is 10.2. The molecule has 0 radical (unpaired) electrons. The second-order valence-corrected chi connectivity index (χ2v) is 6.55. The fourth-order valence-corrected chi connectivity index (χ4v) is 2.43. The Labute approximate surface area is 138 Å². The van der Waals surface area contributed by atoms with Crippen LogP contribution in [0, 0.1) is 6.92 Å². The second kappa shape index (κ2) is 7.23. The van der Waals surface area contributed by atoms with Gasteiger partial charge < -0.3 is 10.6 Å². The molecule has 10 heteroatoms. The predicted octanol–water partition coefficient (Wildman–Crippen LogP) is -0.432. The fraction of sp³-hybridized carbons (Fsp3) is 0.214. The van der Waals surface area contributed by atoms with Crippen molar-refractivity contribution in [2.45, 2.75) is 11.8 Å². The first kappa shape index (κ1) is 17.6. The molecule has 0 saturated carbocycles. The first-order valence-electron chi connectivity index (χ1n) is 6.98. The van der Waals surface area contributed by atoms with E-state index in [1.165, 1.54) is 30.3 Å². The van der Waals surface area contributed by atoms with E-state index >= 15 is 0 Å². The zero-order valence-corrected chi connectivity index (χ0v) is 13.7. The minimum absolute atomic E-state index is 0.0600. The molecule has 2 rings (SSSR count). The molecule has 9 nitrogen and oxygen atoms in total. The fourth-order valence-electron chi connectivity index (χ4n) is 1.92. The number of aryl methyl sites for hydroxylation is 1. The number of benzene rings is 1. The highest BCUT2D eigenvalue weighted by Crippen LogP contribution is 2.08. The molecule has 1 aromatic heterocycles. The van der Waals surface area contributed by atoms with Crippen LogP contribution in [0.5, 0.6) is 0 Å². The van der Waals surface area contributed by atoms with Gasteiger partial charge in [-0.15, -0.1) is 0 Å². The van der Waals surface area contributed by atoms with E-state index < -0.39 is 10.0 Å². The Bertz CT molecular complexity index is 890. The number of nitrogens with one attached hydrogen (secondary N) is 3. The number of nitrogens with zero attached hydrogens (tertiary/aromatic N) is 1. The van der Waals surface area contributed by atoms with Crippen molar-refractivity contribution in [3.63, 3.8) is 0 Å². The first-order valence-corrected chi connectivity index (χ1v) is 8.53. The van der Waals surface area contributed by atoms with Crippen LogP contribution in [0.15, 0.2) is 40.0 Å². The van der Waals surface area contributed by atoms with E-state index in [0.717, 1.165) is 0 Å². The van der Waals surface area contributed by atoms with E-state index in [0.29, 0.717) is 23.8 Å². The minimum atomic E-state index is -3.78. The van der Waals surface area contributed by atoms with Gasteiger partial charge in [-0.3, -0.25) is 14.6 Å². The molecule has 0 aliphatic rings. The number of aromatic amines is 1. The lowest BCUT2D eigenvalue weighted by Gasteiger charge is -2.08. The number of rotatable bonds is 6. The maximum Gasteiger partial charge on any atom is 0.252 e. The number of carbonyl (C=O) groups excluding carboxylic acids is 1. The summed E-state index contributed by atoms with van der Waals surface area (Å²) in [5, 5.41) is 10.5. The highest BCUT2D eigenvalue weighted by Gasteiger charge is 2.09. The van der Waals surface area contributed by atoms with Gasteiger partial charge in [0, 0.05) is 30.4 Å². The Morgan fingerprint density at radius 2 is 1.92 bits per heavy atom. The van der Waals surface area contributed by atoms with Crippen molar-refractivity contribution >= 4 is 21.9 Å². The summed E-state index contributed by atoms with van der Waals surface area (Å²) in [6.07, 6.45) is 0. The number of anilines is 1. The molecule has 0 saturated heterocycles. The van der Waals surface area contributed by atoms with Gasteiger partial charge in [-0.05, 0) is 31.2 Å². The van der Waals surface area contributed by atoms with E-state index in [-0.39, 0.29) is 22.9 Å². The third kappa shape index (κ3) is 4.89. The van der Waals surface area contributed by atoms with Crippen LogP contribution in [-0.2, 0) is 10.0 Å². The largest absolute Gasteiger partial charge is 0.354 e. The van der Waals surface area contributed by atoms with E-state index in [1.54, 1.807) is 6.92 Å². The van der Waals surface area contributed by atoms with Crippen molar-refractivity contribution in [3.8, 4) is 0 Å². The number of carbonyl (C=O) groups is 1. The van der Waals surface area contributed by atoms with Crippen LogP contribution < -0.4 is 21.3 Å². The van der Waals surface area contributed by atoms with Crippen molar-refractivity contribution < 1.29 is 13.2 Å². The maximum absolute atomic E-state index is 11.9. The Morgan fingerprint density at radius 3 is 2.50 bits per heavy atom. The monoisotopic (exact) mass is 351 g/mol. The topological polar surface area (TPSA) is 147 Å². The number of amides is 1. The van der Waals surface area contributed by atoms with Crippen molar-refractivity contribution in [2.24, 2.45) is 5.14 Å².